The number of nitrogens with one attached hydrogen (secondary N) is 1. The summed E-state index contributed by atoms with van der Waals surface area (Å²) in [6.45, 7) is 0.727. The molecule has 5 nitrogen and oxygen atoms in total. The lowest BCUT2D eigenvalue weighted by atomic mass is 10.2. The van der Waals surface area contributed by atoms with Crippen molar-refractivity contribution in [2.75, 3.05) is 12.4 Å². The predicted octanol–water partition coefficient (Wildman–Crippen LogP) is 3.05. The van der Waals surface area contributed by atoms with Crippen molar-refractivity contribution < 1.29 is 9.13 Å². The molecule has 3 rings (SSSR count). The number of hydrogen-bond donors (Lipinski definition) is 1. The Morgan fingerprint density at radius 2 is 1.84 bits per heavy atom. The third kappa shape index (κ3) is 4.03. The Kier molecular flexibility index (Phi) is 5.09. The summed E-state index contributed by atoms with van der Waals surface area (Å²) < 4.78 is 20.6. The van der Waals surface area contributed by atoms with Crippen molar-refractivity contribution >= 4 is 5.95 Å². The van der Waals surface area contributed by atoms with E-state index < -0.39 is 5.56 Å². The van der Waals surface area contributed by atoms with Crippen LogP contribution in [0.5, 0.6) is 5.75 Å². The second kappa shape index (κ2) is 7.61. The number of anilines is 1. The van der Waals surface area contributed by atoms with E-state index in [1.807, 2.05) is 30.3 Å². The normalized spacial score (nSPS) is 10.5. The van der Waals surface area contributed by atoms with Gasteiger partial charge in [-0.25, -0.2) is 4.39 Å². The van der Waals surface area contributed by atoms with E-state index in [1.165, 1.54) is 13.2 Å². The fourth-order valence-electron chi connectivity index (χ4n) is 2.47. The first-order chi connectivity index (χ1) is 12.2. The summed E-state index contributed by atoms with van der Waals surface area (Å²) in [6.07, 6.45) is 1.60. The zero-order valence-electron chi connectivity index (χ0n) is 13.8. The van der Waals surface area contributed by atoms with E-state index in [2.05, 4.69) is 10.3 Å². The monoisotopic (exact) mass is 339 g/mol. The largest absolute Gasteiger partial charge is 0.490 e. The lowest BCUT2D eigenvalue weighted by Gasteiger charge is -2.15. The number of ether oxygens (including phenoxy) is 1. The Balaban J connectivity index is 1.90. The molecule has 0 aliphatic carbocycles. The number of benzene rings is 2. The van der Waals surface area contributed by atoms with E-state index >= 15 is 0 Å². The highest BCUT2D eigenvalue weighted by Gasteiger charge is 2.10. The van der Waals surface area contributed by atoms with Crippen LogP contribution in [0.3, 0.4) is 0 Å². The summed E-state index contributed by atoms with van der Waals surface area (Å²) in [6, 6.07) is 16.3. The van der Waals surface area contributed by atoms with Gasteiger partial charge in [-0.1, -0.05) is 48.5 Å². The van der Waals surface area contributed by atoms with Crippen molar-refractivity contribution in [3.05, 3.63) is 88.1 Å². The molecule has 2 aromatic carbocycles. The minimum Gasteiger partial charge on any atom is -0.490 e. The molecule has 0 aliphatic heterocycles. The molecule has 25 heavy (non-hydrogen) atoms. The number of methoxy groups -OCH3 is 1. The molecule has 1 aromatic heterocycles. The van der Waals surface area contributed by atoms with Gasteiger partial charge in [0.25, 0.3) is 0 Å². The van der Waals surface area contributed by atoms with Crippen molar-refractivity contribution in [1.29, 1.82) is 0 Å². The van der Waals surface area contributed by atoms with Gasteiger partial charge in [0, 0.05) is 12.1 Å². The van der Waals surface area contributed by atoms with Crippen molar-refractivity contribution in [2.45, 2.75) is 13.1 Å². The lowest BCUT2D eigenvalue weighted by Crippen LogP contribution is -2.20. The molecule has 1 heterocycles. The lowest BCUT2D eigenvalue weighted by molar-refractivity contribution is 0.402. The van der Waals surface area contributed by atoms with E-state index in [9.17, 15) is 9.18 Å². The van der Waals surface area contributed by atoms with Gasteiger partial charge < -0.3 is 14.6 Å². The first kappa shape index (κ1) is 16.7. The molecule has 1 N–H and O–H groups in total. The van der Waals surface area contributed by atoms with Crippen molar-refractivity contribution in [3.8, 4) is 5.75 Å². The van der Waals surface area contributed by atoms with Crippen LogP contribution in [0.15, 0.2) is 65.6 Å². The number of rotatable bonds is 6. The highest BCUT2D eigenvalue weighted by Crippen LogP contribution is 2.14. The van der Waals surface area contributed by atoms with Crippen molar-refractivity contribution in [1.82, 2.24) is 9.55 Å². The zero-order chi connectivity index (χ0) is 17.6. The second-order valence-electron chi connectivity index (χ2n) is 5.50. The molecule has 128 valence electrons. The molecular formula is C19H18FN3O2. The van der Waals surface area contributed by atoms with Gasteiger partial charge in [0.15, 0.2) is 0 Å². The van der Waals surface area contributed by atoms with Gasteiger partial charge in [0.1, 0.15) is 5.82 Å². The van der Waals surface area contributed by atoms with Gasteiger partial charge in [0.2, 0.25) is 11.7 Å². The van der Waals surface area contributed by atoms with Gasteiger partial charge in [-0.2, -0.15) is 4.98 Å². The maximum atomic E-state index is 13.8. The van der Waals surface area contributed by atoms with Crippen LogP contribution in [0.1, 0.15) is 11.1 Å². The van der Waals surface area contributed by atoms with Crippen LogP contribution in [0.4, 0.5) is 10.3 Å². The van der Waals surface area contributed by atoms with Crippen molar-refractivity contribution in [2.24, 2.45) is 0 Å². The van der Waals surface area contributed by atoms with Crippen LogP contribution in [0.25, 0.3) is 0 Å². The summed E-state index contributed by atoms with van der Waals surface area (Å²) in [5, 5.41) is 3.04. The standard InChI is InChI=1S/C19H18FN3O2/c1-25-17-13-23(12-14-7-3-2-4-8-14)19(22-18(17)24)21-11-15-9-5-6-10-16(15)20/h2-10,13H,11-12H2,1H3,(H,21,22,24). The summed E-state index contributed by atoms with van der Waals surface area (Å²) in [4.78, 5) is 16.0. The molecule has 3 aromatic rings. The fourth-order valence-corrected chi connectivity index (χ4v) is 2.47. The third-order valence-electron chi connectivity index (χ3n) is 3.77. The Bertz CT molecular complexity index is 910. The fraction of sp³-hybridized carbons (Fsp3) is 0.158. The summed E-state index contributed by atoms with van der Waals surface area (Å²) >= 11 is 0. The van der Waals surface area contributed by atoms with Crippen molar-refractivity contribution in [3.63, 3.8) is 0 Å². The smallest absolute Gasteiger partial charge is 0.316 e. The van der Waals surface area contributed by atoms with Crippen LogP contribution in [0.2, 0.25) is 0 Å². The number of hydrogen-bond acceptors (Lipinski definition) is 4. The van der Waals surface area contributed by atoms with E-state index in [4.69, 9.17) is 4.74 Å². The molecule has 0 spiro atoms. The summed E-state index contributed by atoms with van der Waals surface area (Å²) in [7, 11) is 1.43. The molecule has 0 radical (unpaired) electrons. The highest BCUT2D eigenvalue weighted by molar-refractivity contribution is 5.33. The van der Waals surface area contributed by atoms with E-state index in [0.29, 0.717) is 18.1 Å². The first-order valence-corrected chi connectivity index (χ1v) is 7.84. The SMILES string of the molecule is COc1cn(Cc2ccccc2)c(NCc2ccccc2F)nc1=O. The van der Waals surface area contributed by atoms with Crippen LogP contribution >= 0.6 is 0 Å². The summed E-state index contributed by atoms with van der Waals surface area (Å²) in [5.74, 6) is 0.214. The molecule has 0 aliphatic rings. The zero-order valence-corrected chi connectivity index (χ0v) is 13.8. The average Bonchev–Trinajstić information content (AvgIpc) is 2.63. The third-order valence-corrected chi connectivity index (χ3v) is 3.77. The van der Waals surface area contributed by atoms with Crippen LogP contribution in [-0.4, -0.2) is 16.7 Å². The first-order valence-electron chi connectivity index (χ1n) is 7.84. The maximum Gasteiger partial charge on any atom is 0.316 e. The Hall–Kier alpha value is -3.15. The second-order valence-corrected chi connectivity index (χ2v) is 5.50. The minimum absolute atomic E-state index is 0.160. The Morgan fingerprint density at radius 1 is 1.12 bits per heavy atom. The minimum atomic E-state index is -0.470. The van der Waals surface area contributed by atoms with Gasteiger partial charge >= 0.3 is 5.56 Å². The Labute approximate surface area is 144 Å². The van der Waals surface area contributed by atoms with Gasteiger partial charge in [0.05, 0.1) is 19.9 Å². The molecule has 0 bridgehead atoms. The molecular weight excluding hydrogens is 321 g/mol. The van der Waals surface area contributed by atoms with Gasteiger partial charge in [-0.3, -0.25) is 4.79 Å². The number of halogens is 1. The topological polar surface area (TPSA) is 56.1 Å². The number of aromatic nitrogens is 2. The molecule has 0 atom stereocenters. The molecule has 0 saturated heterocycles. The molecule has 0 unspecified atom stereocenters. The molecule has 0 amide bonds. The van der Waals surface area contributed by atoms with Crippen LogP contribution < -0.4 is 15.6 Å². The van der Waals surface area contributed by atoms with Crippen LogP contribution in [-0.2, 0) is 13.1 Å². The Morgan fingerprint density at radius 3 is 2.56 bits per heavy atom. The average molecular weight is 339 g/mol. The molecule has 0 saturated carbocycles. The molecule has 0 fully saturated rings. The quantitative estimate of drug-likeness (QED) is 0.750. The predicted molar refractivity (Wildman–Crippen MR) is 94.3 cm³/mol. The molecule has 6 heteroatoms. The maximum absolute atomic E-state index is 13.8. The van der Waals surface area contributed by atoms with Gasteiger partial charge in [-0.15, -0.1) is 0 Å². The number of nitrogens with zero attached hydrogens (tertiary/aromatic N) is 2. The van der Waals surface area contributed by atoms with E-state index in [0.717, 1.165) is 5.56 Å². The highest BCUT2D eigenvalue weighted by atomic mass is 19.1. The van der Waals surface area contributed by atoms with Crippen LogP contribution in [0, 0.1) is 5.82 Å². The summed E-state index contributed by atoms with van der Waals surface area (Å²) in [5.41, 5.74) is 1.07. The van der Waals surface area contributed by atoms with E-state index in [-0.39, 0.29) is 18.1 Å². The van der Waals surface area contributed by atoms with Gasteiger partial charge in [-0.05, 0) is 11.6 Å². The van der Waals surface area contributed by atoms with E-state index in [1.54, 1.807) is 29.0 Å².